The van der Waals surface area contributed by atoms with Crippen LogP contribution in [-0.2, 0) is 4.74 Å². The second-order valence-corrected chi connectivity index (χ2v) is 3.68. The van der Waals surface area contributed by atoms with Crippen molar-refractivity contribution in [3.63, 3.8) is 0 Å². The number of para-hydroxylation sites is 1. The molecular formula is C13H16N4O. The zero-order valence-corrected chi connectivity index (χ0v) is 10.3. The fraction of sp³-hybridized carbons (Fsp3) is 0.231. The lowest BCUT2D eigenvalue weighted by molar-refractivity contribution is 0.210. The Morgan fingerprint density at radius 3 is 2.78 bits per heavy atom. The Hall–Kier alpha value is -2.14. The van der Waals surface area contributed by atoms with E-state index in [0.717, 1.165) is 18.1 Å². The van der Waals surface area contributed by atoms with Crippen molar-refractivity contribution in [2.24, 2.45) is 0 Å². The van der Waals surface area contributed by atoms with E-state index in [1.807, 2.05) is 36.4 Å². The Kier molecular flexibility index (Phi) is 4.49. The van der Waals surface area contributed by atoms with Crippen LogP contribution >= 0.6 is 0 Å². The second-order valence-electron chi connectivity index (χ2n) is 3.68. The highest BCUT2D eigenvalue weighted by molar-refractivity contribution is 5.54. The van der Waals surface area contributed by atoms with Gasteiger partial charge in [0, 0.05) is 25.5 Å². The lowest BCUT2D eigenvalue weighted by Gasteiger charge is -2.07. The van der Waals surface area contributed by atoms with Gasteiger partial charge in [-0.1, -0.05) is 18.2 Å². The Labute approximate surface area is 106 Å². The summed E-state index contributed by atoms with van der Waals surface area (Å²) in [5.74, 6) is 1.35. The molecule has 1 aromatic carbocycles. The van der Waals surface area contributed by atoms with Gasteiger partial charge in [-0.05, 0) is 18.2 Å². The minimum absolute atomic E-state index is 0.573. The fourth-order valence-corrected chi connectivity index (χ4v) is 1.45. The van der Waals surface area contributed by atoms with Crippen LogP contribution in [0, 0.1) is 0 Å². The van der Waals surface area contributed by atoms with Crippen LogP contribution in [0.5, 0.6) is 0 Å². The summed E-state index contributed by atoms with van der Waals surface area (Å²) >= 11 is 0. The molecule has 0 fully saturated rings. The molecule has 5 nitrogen and oxygen atoms in total. The van der Waals surface area contributed by atoms with Gasteiger partial charge < -0.3 is 15.4 Å². The molecule has 0 saturated carbocycles. The molecule has 2 aromatic rings. The number of nitrogens with zero attached hydrogens (tertiary/aromatic N) is 2. The summed E-state index contributed by atoms with van der Waals surface area (Å²) in [6.07, 6.45) is 1.72. The van der Waals surface area contributed by atoms with Crippen molar-refractivity contribution in [1.82, 2.24) is 9.97 Å². The van der Waals surface area contributed by atoms with Crippen LogP contribution in [0.15, 0.2) is 42.6 Å². The average molecular weight is 244 g/mol. The van der Waals surface area contributed by atoms with E-state index in [1.165, 1.54) is 0 Å². The molecule has 18 heavy (non-hydrogen) atoms. The van der Waals surface area contributed by atoms with Crippen LogP contribution in [0.25, 0.3) is 0 Å². The molecule has 5 heteroatoms. The molecule has 1 aromatic heterocycles. The first-order chi connectivity index (χ1) is 8.88. The van der Waals surface area contributed by atoms with Crippen LogP contribution in [-0.4, -0.2) is 30.2 Å². The Morgan fingerprint density at radius 1 is 1.17 bits per heavy atom. The Balaban J connectivity index is 1.99. The predicted octanol–water partition coefficient (Wildman–Crippen LogP) is 2.28. The number of rotatable bonds is 6. The van der Waals surface area contributed by atoms with E-state index < -0.39 is 0 Å². The minimum atomic E-state index is 0.573. The minimum Gasteiger partial charge on any atom is -0.383 e. The summed E-state index contributed by atoms with van der Waals surface area (Å²) in [7, 11) is 1.67. The molecule has 0 atom stereocenters. The second kappa shape index (κ2) is 6.56. The molecule has 2 N–H and O–H groups in total. The molecule has 94 valence electrons. The monoisotopic (exact) mass is 244 g/mol. The normalized spacial score (nSPS) is 10.1. The van der Waals surface area contributed by atoms with Gasteiger partial charge in [0.1, 0.15) is 5.82 Å². The van der Waals surface area contributed by atoms with Gasteiger partial charge >= 0.3 is 0 Å². The van der Waals surface area contributed by atoms with Crippen molar-refractivity contribution >= 4 is 17.5 Å². The molecule has 1 heterocycles. The lowest BCUT2D eigenvalue weighted by Crippen LogP contribution is -2.09. The van der Waals surface area contributed by atoms with Crippen LogP contribution < -0.4 is 10.6 Å². The molecule has 0 spiro atoms. The lowest BCUT2D eigenvalue weighted by atomic mass is 10.3. The zero-order chi connectivity index (χ0) is 12.6. The third-order valence-electron chi connectivity index (χ3n) is 2.30. The van der Waals surface area contributed by atoms with Gasteiger partial charge in [-0.25, -0.2) is 4.98 Å². The molecular weight excluding hydrogens is 228 g/mol. The van der Waals surface area contributed by atoms with Gasteiger partial charge in [0.15, 0.2) is 0 Å². The van der Waals surface area contributed by atoms with Crippen molar-refractivity contribution in [1.29, 1.82) is 0 Å². The van der Waals surface area contributed by atoms with Gasteiger partial charge in [-0.3, -0.25) is 0 Å². The standard InChI is InChI=1S/C13H16N4O/c1-18-10-9-14-12-7-8-15-13(17-12)16-11-5-3-2-4-6-11/h2-8H,9-10H2,1H3,(H2,14,15,16,17). The molecule has 2 rings (SSSR count). The molecule has 0 radical (unpaired) electrons. The van der Waals surface area contributed by atoms with Crippen LogP contribution in [0.2, 0.25) is 0 Å². The Bertz CT molecular complexity index is 475. The van der Waals surface area contributed by atoms with Gasteiger partial charge in [-0.2, -0.15) is 4.98 Å². The first-order valence-electron chi connectivity index (χ1n) is 5.76. The molecule has 0 aliphatic carbocycles. The van der Waals surface area contributed by atoms with Gasteiger partial charge in [0.05, 0.1) is 6.61 Å². The zero-order valence-electron chi connectivity index (χ0n) is 10.3. The van der Waals surface area contributed by atoms with E-state index in [9.17, 15) is 0 Å². The highest BCUT2D eigenvalue weighted by Crippen LogP contribution is 2.13. The van der Waals surface area contributed by atoms with Crippen LogP contribution in [0.4, 0.5) is 17.5 Å². The van der Waals surface area contributed by atoms with Crippen LogP contribution in [0.3, 0.4) is 0 Å². The summed E-state index contributed by atoms with van der Waals surface area (Å²) < 4.78 is 4.97. The predicted molar refractivity (Wildman–Crippen MR) is 72.1 cm³/mol. The molecule has 0 amide bonds. The van der Waals surface area contributed by atoms with E-state index in [2.05, 4.69) is 20.6 Å². The number of ether oxygens (including phenoxy) is 1. The number of benzene rings is 1. The molecule has 0 aliphatic rings. The fourth-order valence-electron chi connectivity index (χ4n) is 1.45. The first-order valence-corrected chi connectivity index (χ1v) is 5.76. The number of nitrogens with one attached hydrogen (secondary N) is 2. The number of aromatic nitrogens is 2. The summed E-state index contributed by atoms with van der Waals surface area (Å²) in [6.45, 7) is 1.36. The maximum atomic E-state index is 4.97. The SMILES string of the molecule is COCCNc1ccnc(Nc2ccccc2)n1. The maximum absolute atomic E-state index is 4.97. The van der Waals surface area contributed by atoms with E-state index in [1.54, 1.807) is 13.3 Å². The molecule has 0 aliphatic heterocycles. The van der Waals surface area contributed by atoms with E-state index in [-0.39, 0.29) is 0 Å². The van der Waals surface area contributed by atoms with Gasteiger partial charge in [0.25, 0.3) is 0 Å². The molecule has 0 unspecified atom stereocenters. The molecule has 0 bridgehead atoms. The highest BCUT2D eigenvalue weighted by atomic mass is 16.5. The van der Waals surface area contributed by atoms with Crippen molar-refractivity contribution in [2.75, 3.05) is 30.9 Å². The topological polar surface area (TPSA) is 59.1 Å². The summed E-state index contributed by atoms with van der Waals surface area (Å²) in [6, 6.07) is 11.6. The largest absolute Gasteiger partial charge is 0.383 e. The highest BCUT2D eigenvalue weighted by Gasteiger charge is 1.99. The number of hydrogen-bond acceptors (Lipinski definition) is 5. The van der Waals surface area contributed by atoms with E-state index in [0.29, 0.717) is 12.6 Å². The maximum Gasteiger partial charge on any atom is 0.229 e. The smallest absolute Gasteiger partial charge is 0.229 e. The summed E-state index contributed by atoms with van der Waals surface area (Å²) in [5, 5.41) is 6.30. The average Bonchev–Trinajstić information content (AvgIpc) is 2.41. The summed E-state index contributed by atoms with van der Waals surface area (Å²) in [5.41, 5.74) is 0.964. The van der Waals surface area contributed by atoms with Gasteiger partial charge in [-0.15, -0.1) is 0 Å². The van der Waals surface area contributed by atoms with Crippen LogP contribution in [0.1, 0.15) is 0 Å². The van der Waals surface area contributed by atoms with Crippen molar-refractivity contribution in [3.8, 4) is 0 Å². The van der Waals surface area contributed by atoms with E-state index >= 15 is 0 Å². The number of methoxy groups -OCH3 is 1. The summed E-state index contributed by atoms with van der Waals surface area (Å²) in [4.78, 5) is 8.52. The van der Waals surface area contributed by atoms with Gasteiger partial charge in [0.2, 0.25) is 5.95 Å². The third-order valence-corrected chi connectivity index (χ3v) is 2.30. The number of hydrogen-bond donors (Lipinski definition) is 2. The third kappa shape index (κ3) is 3.71. The van der Waals surface area contributed by atoms with Crippen molar-refractivity contribution in [2.45, 2.75) is 0 Å². The van der Waals surface area contributed by atoms with Crippen molar-refractivity contribution in [3.05, 3.63) is 42.6 Å². The Morgan fingerprint density at radius 2 is 2.00 bits per heavy atom. The number of anilines is 3. The van der Waals surface area contributed by atoms with E-state index in [4.69, 9.17) is 4.74 Å². The van der Waals surface area contributed by atoms with Crippen molar-refractivity contribution < 1.29 is 4.74 Å². The first kappa shape index (κ1) is 12.3. The quantitative estimate of drug-likeness (QED) is 0.763. The molecule has 0 saturated heterocycles.